The Kier molecular flexibility index (Phi) is 1.15. The topological polar surface area (TPSA) is 17.1 Å². The third-order valence-corrected chi connectivity index (χ3v) is 1.81. The highest BCUT2D eigenvalue weighted by Crippen LogP contribution is 2.17. The number of carbonyl (C=O) groups excluding carboxylic acids is 1. The van der Waals surface area contributed by atoms with Gasteiger partial charge in [0.25, 0.3) is 0 Å². The van der Waals surface area contributed by atoms with Gasteiger partial charge in [-0.3, -0.25) is 4.79 Å². The van der Waals surface area contributed by atoms with Gasteiger partial charge in [-0.15, -0.1) is 0 Å². The molecule has 1 nitrogen and oxygen atoms in total. The quantitative estimate of drug-likeness (QED) is 0.454. The lowest BCUT2D eigenvalue weighted by Crippen LogP contribution is -1.75. The summed E-state index contributed by atoms with van der Waals surface area (Å²) in [5.41, 5.74) is 0. The van der Waals surface area contributed by atoms with Gasteiger partial charge >= 0.3 is 0 Å². The van der Waals surface area contributed by atoms with Crippen LogP contribution in [0.25, 0.3) is 0 Å². The van der Waals surface area contributed by atoms with Crippen LogP contribution in [0.2, 0.25) is 0 Å². The normalized spacial score (nSPS) is 22.3. The third-order valence-electron chi connectivity index (χ3n) is 0.788. The number of hydrogen-bond donors (Lipinski definition) is 0. The number of thioether (sulfide) groups is 1. The molecule has 0 atom stereocenters. The third kappa shape index (κ3) is 0.744. The van der Waals surface area contributed by atoms with Crippen molar-refractivity contribution in [3.63, 3.8) is 0 Å². The van der Waals surface area contributed by atoms with Crippen molar-refractivity contribution < 1.29 is 4.79 Å². The van der Waals surface area contributed by atoms with E-state index in [1.54, 1.807) is 0 Å². The average Bonchev–Trinajstić information content (AvgIpc) is 1.86. The summed E-state index contributed by atoms with van der Waals surface area (Å²) in [4.78, 5) is 10.2. The molecule has 0 saturated carbocycles. The zero-order chi connectivity index (χ0) is 4.41. The SMILES string of the molecule is O=C1CCCS1. The van der Waals surface area contributed by atoms with Gasteiger partial charge < -0.3 is 0 Å². The van der Waals surface area contributed by atoms with Crippen LogP contribution >= 0.6 is 11.8 Å². The maximum Gasteiger partial charge on any atom is 0.188 e. The van der Waals surface area contributed by atoms with Crippen molar-refractivity contribution in [1.82, 2.24) is 0 Å². The van der Waals surface area contributed by atoms with Crippen molar-refractivity contribution in [2.75, 3.05) is 5.75 Å². The monoisotopic (exact) mass is 102 g/mol. The van der Waals surface area contributed by atoms with Crippen LogP contribution in [0, 0.1) is 0 Å². The van der Waals surface area contributed by atoms with E-state index in [2.05, 4.69) is 0 Å². The molecule has 0 aromatic carbocycles. The molecule has 0 amide bonds. The largest absolute Gasteiger partial charge is 0.287 e. The van der Waals surface area contributed by atoms with Crippen molar-refractivity contribution in [2.24, 2.45) is 0 Å². The van der Waals surface area contributed by atoms with Crippen LogP contribution in [0.5, 0.6) is 0 Å². The first-order valence-electron chi connectivity index (χ1n) is 2.05. The second-order valence-corrected chi connectivity index (χ2v) is 2.48. The molecule has 0 aromatic rings. The van der Waals surface area contributed by atoms with Crippen molar-refractivity contribution in [1.29, 1.82) is 0 Å². The minimum atomic E-state index is 0.370. The van der Waals surface area contributed by atoms with E-state index in [9.17, 15) is 4.79 Å². The Hall–Kier alpha value is 0.0200. The molecule has 1 fully saturated rings. The van der Waals surface area contributed by atoms with Gasteiger partial charge in [0.2, 0.25) is 0 Å². The lowest BCUT2D eigenvalue weighted by Gasteiger charge is -1.71. The van der Waals surface area contributed by atoms with E-state index in [-0.39, 0.29) is 0 Å². The molecule has 1 aliphatic heterocycles. The Balaban J connectivity index is 2.37. The maximum absolute atomic E-state index is 10.2. The molecule has 6 heavy (non-hydrogen) atoms. The van der Waals surface area contributed by atoms with Gasteiger partial charge in [-0.05, 0) is 6.42 Å². The van der Waals surface area contributed by atoms with Crippen LogP contribution in [-0.2, 0) is 4.79 Å². The molecule has 0 bridgehead atoms. The molecule has 0 unspecified atom stereocenters. The predicted molar refractivity (Wildman–Crippen MR) is 26.7 cm³/mol. The van der Waals surface area contributed by atoms with E-state index in [0.29, 0.717) is 5.12 Å². The minimum absolute atomic E-state index is 0.370. The van der Waals surface area contributed by atoms with Gasteiger partial charge in [-0.1, -0.05) is 11.8 Å². The zero-order valence-corrected chi connectivity index (χ0v) is 4.25. The second-order valence-electron chi connectivity index (χ2n) is 1.32. The van der Waals surface area contributed by atoms with Gasteiger partial charge in [0.15, 0.2) is 5.12 Å². The van der Waals surface area contributed by atoms with Crippen molar-refractivity contribution in [3.05, 3.63) is 0 Å². The second kappa shape index (κ2) is 1.65. The summed E-state index contributed by atoms with van der Waals surface area (Å²) in [6.07, 6.45) is 1.91. The van der Waals surface area contributed by atoms with Gasteiger partial charge in [-0.25, -0.2) is 0 Å². The molecule has 2 heteroatoms. The molecule has 1 rings (SSSR count). The van der Waals surface area contributed by atoms with E-state index in [1.165, 1.54) is 11.8 Å². The number of rotatable bonds is 0. The lowest BCUT2D eigenvalue weighted by molar-refractivity contribution is -0.110. The van der Waals surface area contributed by atoms with E-state index < -0.39 is 0 Å². The Morgan fingerprint density at radius 2 is 2.50 bits per heavy atom. The molecule has 1 saturated heterocycles. The van der Waals surface area contributed by atoms with Crippen molar-refractivity contribution in [3.8, 4) is 0 Å². The number of carbonyl (C=O) groups is 1. The smallest absolute Gasteiger partial charge is 0.188 e. The summed E-state index contributed by atoms with van der Waals surface area (Å²) in [6, 6.07) is 0. The molecule has 0 aliphatic carbocycles. The Bertz CT molecular complexity index is 61.9. The molecule has 1 heterocycles. The standard InChI is InChI=1S/C4H6OS/c5-4-2-1-3-6-4/h1-3H2. The molecular formula is C4H6OS. The Labute approximate surface area is 41.1 Å². The molecule has 34 valence electrons. The highest BCUT2D eigenvalue weighted by molar-refractivity contribution is 8.14. The Morgan fingerprint density at radius 1 is 1.67 bits per heavy atom. The summed E-state index contributed by atoms with van der Waals surface area (Å²) >= 11 is 1.46. The highest BCUT2D eigenvalue weighted by atomic mass is 32.2. The molecular weight excluding hydrogens is 96.1 g/mol. The fraction of sp³-hybridized carbons (Fsp3) is 0.750. The van der Waals surface area contributed by atoms with Gasteiger partial charge in [0, 0.05) is 12.2 Å². The van der Waals surface area contributed by atoms with Crippen LogP contribution in [-0.4, -0.2) is 10.9 Å². The average molecular weight is 102 g/mol. The first-order chi connectivity index (χ1) is 2.89. The minimum Gasteiger partial charge on any atom is -0.287 e. The molecule has 0 spiro atoms. The van der Waals surface area contributed by atoms with Crippen LogP contribution in [0.15, 0.2) is 0 Å². The first kappa shape index (κ1) is 4.19. The van der Waals surface area contributed by atoms with E-state index in [4.69, 9.17) is 0 Å². The fourth-order valence-corrected chi connectivity index (χ4v) is 1.28. The van der Waals surface area contributed by atoms with Crippen LogP contribution in [0.4, 0.5) is 0 Å². The lowest BCUT2D eigenvalue weighted by atomic mass is 10.4. The van der Waals surface area contributed by atoms with Gasteiger partial charge in [0.1, 0.15) is 0 Å². The number of hydrogen-bond acceptors (Lipinski definition) is 2. The summed E-state index contributed by atoms with van der Waals surface area (Å²) in [5.74, 6) is 1.05. The maximum atomic E-state index is 10.2. The van der Waals surface area contributed by atoms with Crippen molar-refractivity contribution in [2.45, 2.75) is 12.8 Å². The molecule has 1 aliphatic rings. The predicted octanol–water partition coefficient (Wildman–Crippen LogP) is 1.04. The Morgan fingerprint density at radius 3 is 2.67 bits per heavy atom. The fourth-order valence-electron chi connectivity index (χ4n) is 0.475. The summed E-state index contributed by atoms with van der Waals surface area (Å²) in [6.45, 7) is 0. The summed E-state index contributed by atoms with van der Waals surface area (Å²) < 4.78 is 0. The van der Waals surface area contributed by atoms with Crippen LogP contribution < -0.4 is 0 Å². The van der Waals surface area contributed by atoms with Crippen LogP contribution in [0.1, 0.15) is 12.8 Å². The van der Waals surface area contributed by atoms with E-state index >= 15 is 0 Å². The summed E-state index contributed by atoms with van der Waals surface area (Å²) in [7, 11) is 0. The van der Waals surface area contributed by atoms with E-state index in [0.717, 1.165) is 18.6 Å². The first-order valence-corrected chi connectivity index (χ1v) is 3.04. The highest BCUT2D eigenvalue weighted by Gasteiger charge is 2.08. The van der Waals surface area contributed by atoms with Crippen LogP contribution in [0.3, 0.4) is 0 Å². The van der Waals surface area contributed by atoms with Crippen molar-refractivity contribution >= 4 is 16.9 Å². The van der Waals surface area contributed by atoms with E-state index in [1.807, 2.05) is 0 Å². The van der Waals surface area contributed by atoms with Gasteiger partial charge in [-0.2, -0.15) is 0 Å². The molecule has 0 radical (unpaired) electrons. The zero-order valence-electron chi connectivity index (χ0n) is 3.44. The molecule has 0 N–H and O–H groups in total. The molecule has 0 aromatic heterocycles. The summed E-state index contributed by atoms with van der Waals surface area (Å²) in [5, 5.41) is 0.370. The van der Waals surface area contributed by atoms with Gasteiger partial charge in [0.05, 0.1) is 0 Å².